The van der Waals surface area contributed by atoms with Gasteiger partial charge in [0.15, 0.2) is 0 Å². The molecule has 0 saturated carbocycles. The number of phenols is 1. The molecule has 0 unspecified atom stereocenters. The first-order valence-corrected chi connectivity index (χ1v) is 12.7. The molecule has 7 nitrogen and oxygen atoms in total. The third-order valence-corrected chi connectivity index (χ3v) is 8.14. The number of aromatic amines is 1. The zero-order valence-corrected chi connectivity index (χ0v) is 20.5. The van der Waals surface area contributed by atoms with Gasteiger partial charge in [-0.3, -0.25) is 14.6 Å². The molecule has 35 heavy (non-hydrogen) atoms. The number of aromatic nitrogens is 1. The van der Waals surface area contributed by atoms with Gasteiger partial charge in [0.1, 0.15) is 17.3 Å². The predicted molar refractivity (Wildman–Crippen MR) is 135 cm³/mol. The Hall–Kier alpha value is -3.03. The molecule has 2 aromatic carbocycles. The molecule has 2 fully saturated rings. The second-order valence-corrected chi connectivity index (χ2v) is 10.6. The number of phenolic OH excluding ortho intramolecular Hbond substituents is 1. The summed E-state index contributed by atoms with van der Waals surface area (Å²) in [7, 11) is 0. The average molecular weight is 493 g/mol. The molecule has 3 aromatic rings. The van der Waals surface area contributed by atoms with Gasteiger partial charge in [-0.05, 0) is 74.3 Å². The standard InChI is InChI=1S/C27H29ClN4O3/c1-27-16-21-20-15-18(28)8-9-22(20)29-23(21)24(17-6-5-7-19(33)14-17)32(27)26(35)31(25(27)34)13-12-30-10-3-2-4-11-30/h5-9,14-15,24,29,33H,2-4,10-13,16H2,1H3/t24-,27+/m1/s1. The Morgan fingerprint density at radius 1 is 1.09 bits per heavy atom. The van der Waals surface area contributed by atoms with Gasteiger partial charge >= 0.3 is 6.03 Å². The number of benzene rings is 2. The van der Waals surface area contributed by atoms with E-state index in [0.29, 0.717) is 24.5 Å². The molecule has 2 N–H and O–H groups in total. The third kappa shape index (κ3) is 3.52. The first-order valence-electron chi connectivity index (χ1n) is 12.3. The SMILES string of the molecule is C[C@@]12Cc3c([nH]c4ccc(Cl)cc34)[C@@H](c3cccc(O)c3)N1C(=O)N(CCN1CCCCC1)C2=O. The van der Waals surface area contributed by atoms with Crippen LogP contribution in [0.5, 0.6) is 5.75 Å². The topological polar surface area (TPSA) is 79.9 Å². The van der Waals surface area contributed by atoms with Gasteiger partial charge in [-0.15, -0.1) is 0 Å². The number of likely N-dealkylation sites (tertiary alicyclic amines) is 1. The molecule has 2 atom stereocenters. The minimum atomic E-state index is -1.03. The largest absolute Gasteiger partial charge is 0.508 e. The van der Waals surface area contributed by atoms with Crippen LogP contribution in [0.2, 0.25) is 5.02 Å². The van der Waals surface area contributed by atoms with E-state index in [2.05, 4.69) is 9.88 Å². The van der Waals surface area contributed by atoms with Crippen molar-refractivity contribution in [2.75, 3.05) is 26.2 Å². The van der Waals surface area contributed by atoms with E-state index in [9.17, 15) is 14.7 Å². The smallest absolute Gasteiger partial charge is 0.328 e. The molecule has 0 spiro atoms. The highest BCUT2D eigenvalue weighted by Crippen LogP contribution is 2.49. The van der Waals surface area contributed by atoms with Gasteiger partial charge in [0.2, 0.25) is 0 Å². The summed E-state index contributed by atoms with van der Waals surface area (Å²) >= 11 is 6.34. The van der Waals surface area contributed by atoms with Crippen molar-refractivity contribution in [1.82, 2.24) is 19.7 Å². The first-order chi connectivity index (χ1) is 16.9. The zero-order valence-electron chi connectivity index (χ0n) is 19.8. The van der Waals surface area contributed by atoms with E-state index in [1.54, 1.807) is 23.1 Å². The van der Waals surface area contributed by atoms with E-state index in [0.717, 1.165) is 53.7 Å². The van der Waals surface area contributed by atoms with Crippen molar-refractivity contribution in [2.45, 2.75) is 44.2 Å². The fourth-order valence-corrected chi connectivity index (χ4v) is 6.32. The summed E-state index contributed by atoms with van der Waals surface area (Å²) in [5, 5.41) is 11.8. The van der Waals surface area contributed by atoms with E-state index < -0.39 is 11.6 Å². The van der Waals surface area contributed by atoms with E-state index in [4.69, 9.17) is 11.6 Å². The number of nitrogens with one attached hydrogen (secondary N) is 1. The number of carbonyl (C=O) groups is 2. The van der Waals surface area contributed by atoms with Crippen LogP contribution in [0.1, 0.15) is 49.0 Å². The molecule has 3 aliphatic heterocycles. The van der Waals surface area contributed by atoms with Gasteiger partial charge in [0.05, 0.1) is 0 Å². The maximum absolute atomic E-state index is 13.9. The Kier molecular flexibility index (Phi) is 5.31. The van der Waals surface area contributed by atoms with Crippen LogP contribution in [0.3, 0.4) is 0 Å². The van der Waals surface area contributed by atoms with Crippen molar-refractivity contribution in [2.24, 2.45) is 0 Å². The Morgan fingerprint density at radius 2 is 1.89 bits per heavy atom. The maximum atomic E-state index is 13.9. The molecule has 8 heteroatoms. The van der Waals surface area contributed by atoms with Crippen LogP contribution in [0, 0.1) is 0 Å². The molecule has 4 heterocycles. The quantitative estimate of drug-likeness (QED) is 0.518. The second kappa shape index (κ2) is 8.28. The maximum Gasteiger partial charge on any atom is 0.328 e. The Bertz CT molecular complexity index is 1330. The van der Waals surface area contributed by atoms with Gasteiger partial charge in [0.25, 0.3) is 5.91 Å². The highest BCUT2D eigenvalue weighted by atomic mass is 35.5. The number of fused-ring (bicyclic) bond motifs is 4. The van der Waals surface area contributed by atoms with Gasteiger partial charge in [-0.2, -0.15) is 0 Å². The lowest BCUT2D eigenvalue weighted by atomic mass is 9.81. The van der Waals surface area contributed by atoms with E-state index in [1.165, 1.54) is 11.3 Å². The summed E-state index contributed by atoms with van der Waals surface area (Å²) in [5.74, 6) is -0.0397. The van der Waals surface area contributed by atoms with Gasteiger partial charge in [-0.25, -0.2) is 4.79 Å². The summed E-state index contributed by atoms with van der Waals surface area (Å²) in [5.41, 5.74) is 2.50. The normalized spacial score (nSPS) is 24.8. The van der Waals surface area contributed by atoms with Crippen LogP contribution >= 0.6 is 11.6 Å². The van der Waals surface area contributed by atoms with E-state index in [1.807, 2.05) is 31.2 Å². The number of piperidine rings is 1. The molecule has 0 bridgehead atoms. The third-order valence-electron chi connectivity index (χ3n) is 7.90. The summed E-state index contributed by atoms with van der Waals surface area (Å²) in [4.78, 5) is 36.8. The van der Waals surface area contributed by atoms with Crippen molar-refractivity contribution in [3.05, 3.63) is 64.3 Å². The summed E-state index contributed by atoms with van der Waals surface area (Å²) in [6.07, 6.45) is 3.97. The zero-order chi connectivity index (χ0) is 24.3. The number of halogens is 1. The number of urea groups is 1. The molecule has 2 saturated heterocycles. The number of H-pyrrole nitrogens is 1. The molecule has 0 radical (unpaired) electrons. The molecule has 1 aromatic heterocycles. The molecule has 3 amide bonds. The molecular weight excluding hydrogens is 464 g/mol. The summed E-state index contributed by atoms with van der Waals surface area (Å²) in [6, 6.07) is 11.8. The average Bonchev–Trinajstić information content (AvgIpc) is 3.28. The fraction of sp³-hybridized carbons (Fsp3) is 0.407. The van der Waals surface area contributed by atoms with Crippen LogP contribution in [0.4, 0.5) is 4.79 Å². The number of carbonyl (C=O) groups excluding carboxylic acids is 2. The van der Waals surface area contributed by atoms with Crippen molar-refractivity contribution < 1.29 is 14.7 Å². The van der Waals surface area contributed by atoms with Crippen LogP contribution in [-0.2, 0) is 11.2 Å². The number of amides is 3. The van der Waals surface area contributed by atoms with E-state index >= 15 is 0 Å². The lowest BCUT2D eigenvalue weighted by molar-refractivity contribution is -0.133. The lowest BCUT2D eigenvalue weighted by Gasteiger charge is -2.42. The number of hydrogen-bond donors (Lipinski definition) is 2. The van der Waals surface area contributed by atoms with Crippen LogP contribution < -0.4 is 0 Å². The second-order valence-electron chi connectivity index (χ2n) is 10.2. The predicted octanol–water partition coefficient (Wildman–Crippen LogP) is 4.68. The molecule has 0 aliphatic carbocycles. The molecule has 182 valence electrons. The number of imide groups is 1. The van der Waals surface area contributed by atoms with Crippen LogP contribution in [0.25, 0.3) is 10.9 Å². The van der Waals surface area contributed by atoms with Crippen LogP contribution in [0.15, 0.2) is 42.5 Å². The fourth-order valence-electron chi connectivity index (χ4n) is 6.15. The molecular formula is C27H29ClN4O3. The summed E-state index contributed by atoms with van der Waals surface area (Å²) in [6.45, 7) is 4.98. The Labute approximate surface area is 209 Å². The number of nitrogens with zero attached hydrogens (tertiary/aromatic N) is 3. The van der Waals surface area contributed by atoms with Crippen molar-refractivity contribution in [3.8, 4) is 5.75 Å². The highest BCUT2D eigenvalue weighted by Gasteiger charge is 2.60. The number of aromatic hydroxyl groups is 1. The summed E-state index contributed by atoms with van der Waals surface area (Å²) < 4.78 is 0. The lowest BCUT2D eigenvalue weighted by Crippen LogP contribution is -2.53. The van der Waals surface area contributed by atoms with E-state index in [-0.39, 0.29) is 17.7 Å². The number of rotatable bonds is 4. The van der Waals surface area contributed by atoms with Gasteiger partial charge < -0.3 is 15.0 Å². The van der Waals surface area contributed by atoms with Crippen molar-refractivity contribution in [3.63, 3.8) is 0 Å². The monoisotopic (exact) mass is 492 g/mol. The highest BCUT2D eigenvalue weighted by molar-refractivity contribution is 6.31. The van der Waals surface area contributed by atoms with Crippen LogP contribution in [-0.4, -0.2) is 68.4 Å². The Morgan fingerprint density at radius 3 is 2.66 bits per heavy atom. The molecule has 3 aliphatic rings. The first kappa shape index (κ1) is 22.4. The Balaban J connectivity index is 1.45. The van der Waals surface area contributed by atoms with Gasteiger partial charge in [-0.1, -0.05) is 30.2 Å². The van der Waals surface area contributed by atoms with Crippen molar-refractivity contribution >= 4 is 34.4 Å². The minimum absolute atomic E-state index is 0.121. The van der Waals surface area contributed by atoms with Gasteiger partial charge in [0, 0.05) is 41.1 Å². The molecule has 6 rings (SSSR count). The van der Waals surface area contributed by atoms with Crippen molar-refractivity contribution in [1.29, 1.82) is 0 Å². The minimum Gasteiger partial charge on any atom is -0.508 e. The number of hydrogen-bond acceptors (Lipinski definition) is 4.